The molecular formula is C15H20Cl2N2O4S. The Balaban J connectivity index is 1.96. The van der Waals surface area contributed by atoms with Crippen molar-refractivity contribution in [3.8, 4) is 0 Å². The molecule has 1 aliphatic heterocycles. The molecule has 0 aliphatic carbocycles. The summed E-state index contributed by atoms with van der Waals surface area (Å²) in [6, 6.07) is 4.68. The van der Waals surface area contributed by atoms with E-state index in [-0.39, 0.29) is 30.0 Å². The van der Waals surface area contributed by atoms with Crippen LogP contribution >= 0.6 is 23.2 Å². The zero-order chi connectivity index (χ0) is 17.9. The summed E-state index contributed by atoms with van der Waals surface area (Å²) in [6.07, 6.45) is 0.139. The highest BCUT2D eigenvalue weighted by molar-refractivity contribution is 7.89. The molecule has 1 heterocycles. The second-order valence-corrected chi connectivity index (χ2v) is 9.00. The van der Waals surface area contributed by atoms with Crippen molar-refractivity contribution in [2.24, 2.45) is 5.92 Å². The lowest BCUT2D eigenvalue weighted by Gasteiger charge is -2.21. The summed E-state index contributed by atoms with van der Waals surface area (Å²) in [5, 5.41) is 3.67. The molecule has 1 fully saturated rings. The summed E-state index contributed by atoms with van der Waals surface area (Å²) < 4.78 is 30.5. The first-order valence-electron chi connectivity index (χ1n) is 7.40. The van der Waals surface area contributed by atoms with E-state index in [9.17, 15) is 13.2 Å². The topological polar surface area (TPSA) is 75.7 Å². The van der Waals surface area contributed by atoms with Gasteiger partial charge >= 0.3 is 0 Å². The van der Waals surface area contributed by atoms with E-state index in [0.29, 0.717) is 23.3 Å². The van der Waals surface area contributed by atoms with Gasteiger partial charge in [0.2, 0.25) is 15.9 Å². The van der Waals surface area contributed by atoms with Crippen LogP contribution in [0, 0.1) is 5.92 Å². The molecule has 2 atom stereocenters. The molecule has 134 valence electrons. The number of nitrogens with one attached hydrogen (secondary N) is 1. The van der Waals surface area contributed by atoms with Crippen LogP contribution in [0.2, 0.25) is 10.0 Å². The second-order valence-electron chi connectivity index (χ2n) is 5.96. The van der Waals surface area contributed by atoms with Gasteiger partial charge in [-0.05, 0) is 17.7 Å². The second kappa shape index (κ2) is 8.01. The lowest BCUT2D eigenvalue weighted by atomic mass is 10.1. The number of carbonyl (C=O) groups excluding carboxylic acids is 1. The van der Waals surface area contributed by atoms with Gasteiger partial charge < -0.3 is 10.1 Å². The van der Waals surface area contributed by atoms with Crippen molar-refractivity contribution in [1.29, 1.82) is 0 Å². The molecule has 1 aromatic rings. The Hall–Kier alpha value is -0.860. The highest BCUT2D eigenvalue weighted by atomic mass is 35.5. The number of nitrogens with zero attached hydrogens (tertiary/aromatic N) is 1. The maximum absolute atomic E-state index is 12.2. The van der Waals surface area contributed by atoms with Crippen molar-refractivity contribution < 1.29 is 17.9 Å². The highest BCUT2D eigenvalue weighted by Gasteiger charge is 2.34. The minimum atomic E-state index is -3.35. The van der Waals surface area contributed by atoms with Gasteiger partial charge in [-0.1, -0.05) is 29.3 Å². The molecule has 6 nitrogen and oxygen atoms in total. The Labute approximate surface area is 152 Å². The molecular weight excluding hydrogens is 375 g/mol. The predicted octanol–water partition coefficient (Wildman–Crippen LogP) is 1.56. The van der Waals surface area contributed by atoms with E-state index in [2.05, 4.69) is 5.32 Å². The molecule has 0 unspecified atom stereocenters. The van der Waals surface area contributed by atoms with E-state index in [1.807, 2.05) is 0 Å². The molecule has 0 radical (unpaired) electrons. The van der Waals surface area contributed by atoms with Gasteiger partial charge in [0.1, 0.15) is 0 Å². The quantitative estimate of drug-likeness (QED) is 0.793. The van der Waals surface area contributed by atoms with E-state index in [4.69, 9.17) is 27.9 Å². The number of benzene rings is 1. The molecule has 1 saturated heterocycles. The van der Waals surface area contributed by atoms with Crippen LogP contribution in [0.15, 0.2) is 18.2 Å². The molecule has 1 amide bonds. The van der Waals surface area contributed by atoms with E-state index < -0.39 is 10.0 Å². The first-order valence-corrected chi connectivity index (χ1v) is 9.77. The van der Waals surface area contributed by atoms with Crippen molar-refractivity contribution >= 4 is 39.1 Å². The molecule has 2 rings (SSSR count). The monoisotopic (exact) mass is 394 g/mol. The Kier molecular flexibility index (Phi) is 6.50. The van der Waals surface area contributed by atoms with Gasteiger partial charge in [0.15, 0.2) is 0 Å². The maximum Gasteiger partial charge on any atom is 0.224 e. The highest BCUT2D eigenvalue weighted by Crippen LogP contribution is 2.23. The number of amides is 1. The van der Waals surface area contributed by atoms with Crippen molar-refractivity contribution in [2.75, 3.05) is 33.1 Å². The summed E-state index contributed by atoms with van der Waals surface area (Å²) in [4.78, 5) is 12.2. The zero-order valence-electron chi connectivity index (χ0n) is 13.5. The Morgan fingerprint density at radius 1 is 1.29 bits per heavy atom. The van der Waals surface area contributed by atoms with E-state index >= 15 is 0 Å². The van der Waals surface area contributed by atoms with Crippen LogP contribution in [0.3, 0.4) is 0 Å². The molecule has 1 N–H and O–H groups in total. The van der Waals surface area contributed by atoms with Gasteiger partial charge in [0.05, 0.1) is 41.5 Å². The van der Waals surface area contributed by atoms with E-state index in [1.54, 1.807) is 18.2 Å². The third-order valence-electron chi connectivity index (χ3n) is 3.87. The van der Waals surface area contributed by atoms with Crippen molar-refractivity contribution in [2.45, 2.75) is 12.5 Å². The van der Waals surface area contributed by atoms with Crippen LogP contribution in [0.25, 0.3) is 0 Å². The van der Waals surface area contributed by atoms with Crippen LogP contribution in [-0.4, -0.2) is 57.7 Å². The summed E-state index contributed by atoms with van der Waals surface area (Å²) in [7, 11) is -0.371. The molecule has 0 spiro atoms. The minimum absolute atomic E-state index is 0.0578. The van der Waals surface area contributed by atoms with Crippen LogP contribution in [0.1, 0.15) is 5.56 Å². The molecule has 24 heavy (non-hydrogen) atoms. The van der Waals surface area contributed by atoms with Gasteiger partial charge in [-0.25, -0.2) is 12.7 Å². The van der Waals surface area contributed by atoms with Crippen LogP contribution in [-0.2, 0) is 26.0 Å². The third-order valence-corrected chi connectivity index (χ3v) is 6.58. The molecule has 0 bridgehead atoms. The number of ether oxygens (including phenoxy) is 1. The van der Waals surface area contributed by atoms with Gasteiger partial charge in [0, 0.05) is 20.0 Å². The van der Waals surface area contributed by atoms with E-state index in [0.717, 1.165) is 5.56 Å². The number of halogens is 2. The SMILES string of the molecule is CN(C)S(=O)(=O)C[C@@H]1COC[C@@H]1NC(=O)Cc1ccc(Cl)c(Cl)c1. The average molecular weight is 395 g/mol. The van der Waals surface area contributed by atoms with Crippen LogP contribution in [0.4, 0.5) is 0 Å². The Morgan fingerprint density at radius 3 is 2.62 bits per heavy atom. The lowest BCUT2D eigenvalue weighted by Crippen LogP contribution is -2.44. The largest absolute Gasteiger partial charge is 0.379 e. The van der Waals surface area contributed by atoms with Crippen molar-refractivity contribution in [1.82, 2.24) is 9.62 Å². The normalized spacial score (nSPS) is 21.2. The predicted molar refractivity (Wildman–Crippen MR) is 93.9 cm³/mol. The van der Waals surface area contributed by atoms with Gasteiger partial charge in [-0.2, -0.15) is 0 Å². The van der Waals surface area contributed by atoms with Gasteiger partial charge in [-0.3, -0.25) is 4.79 Å². The van der Waals surface area contributed by atoms with Gasteiger partial charge in [-0.15, -0.1) is 0 Å². The Morgan fingerprint density at radius 2 is 2.00 bits per heavy atom. The fourth-order valence-corrected chi connectivity index (χ4v) is 3.92. The van der Waals surface area contributed by atoms with Gasteiger partial charge in [0.25, 0.3) is 0 Å². The first-order chi connectivity index (χ1) is 11.2. The van der Waals surface area contributed by atoms with E-state index in [1.165, 1.54) is 18.4 Å². The summed E-state index contributed by atoms with van der Waals surface area (Å²) in [5.74, 6) is -0.538. The summed E-state index contributed by atoms with van der Waals surface area (Å²) in [6.45, 7) is 0.617. The van der Waals surface area contributed by atoms with Crippen molar-refractivity contribution in [3.05, 3.63) is 33.8 Å². The Bertz CT molecular complexity index is 709. The molecule has 0 aromatic heterocycles. The minimum Gasteiger partial charge on any atom is -0.379 e. The maximum atomic E-state index is 12.2. The van der Waals surface area contributed by atoms with Crippen LogP contribution in [0.5, 0.6) is 0 Å². The lowest BCUT2D eigenvalue weighted by molar-refractivity contribution is -0.121. The molecule has 1 aliphatic rings. The number of hydrogen-bond donors (Lipinski definition) is 1. The van der Waals surface area contributed by atoms with Crippen LogP contribution < -0.4 is 5.32 Å². The average Bonchev–Trinajstić information content (AvgIpc) is 2.89. The van der Waals surface area contributed by atoms with Crippen molar-refractivity contribution in [3.63, 3.8) is 0 Å². The summed E-state index contributed by atoms with van der Waals surface area (Å²) >= 11 is 11.8. The number of carbonyl (C=O) groups is 1. The number of rotatable bonds is 6. The standard InChI is InChI=1S/C15H20Cl2N2O4S/c1-19(2)24(21,22)9-11-7-23-8-14(11)18-15(20)6-10-3-4-12(16)13(17)5-10/h3-5,11,14H,6-9H2,1-2H3,(H,18,20)/t11-,14-/m0/s1. The smallest absolute Gasteiger partial charge is 0.224 e. The molecule has 9 heteroatoms. The fourth-order valence-electron chi connectivity index (χ4n) is 2.43. The number of sulfonamides is 1. The number of hydrogen-bond acceptors (Lipinski definition) is 4. The third kappa shape index (κ3) is 5.07. The summed E-state index contributed by atoms with van der Waals surface area (Å²) in [5.41, 5.74) is 0.735. The molecule has 0 saturated carbocycles. The molecule has 1 aromatic carbocycles. The zero-order valence-corrected chi connectivity index (χ0v) is 15.8. The fraction of sp³-hybridized carbons (Fsp3) is 0.533. The first kappa shape index (κ1) is 19.5.